The fourth-order valence-corrected chi connectivity index (χ4v) is 0.935. The lowest BCUT2D eigenvalue weighted by Gasteiger charge is -2.14. The van der Waals surface area contributed by atoms with E-state index in [0.29, 0.717) is 5.92 Å². The van der Waals surface area contributed by atoms with E-state index in [4.69, 9.17) is 0 Å². The maximum absolute atomic E-state index is 3.16. The van der Waals surface area contributed by atoms with Crippen LogP contribution in [0, 0.1) is 5.92 Å². The summed E-state index contributed by atoms with van der Waals surface area (Å²) in [5, 5.41) is 3.16. The van der Waals surface area contributed by atoms with Gasteiger partial charge >= 0.3 is 0 Å². The van der Waals surface area contributed by atoms with Crippen LogP contribution >= 0.6 is 0 Å². The molecule has 1 N–H and O–H groups in total. The van der Waals surface area contributed by atoms with Crippen molar-refractivity contribution in [2.45, 2.75) is 13.8 Å². The highest BCUT2D eigenvalue weighted by Gasteiger charge is 2.01. The van der Waals surface area contributed by atoms with Crippen LogP contribution < -0.4 is 5.32 Å². The number of hydrogen-bond acceptors (Lipinski definition) is 2. The van der Waals surface area contributed by atoms with E-state index in [1.165, 1.54) is 5.57 Å². The van der Waals surface area contributed by atoms with Gasteiger partial charge in [0, 0.05) is 20.6 Å². The smallest absolute Gasteiger partial charge is 0.0181 e. The maximum atomic E-state index is 3.16. The third-order valence-electron chi connectivity index (χ3n) is 1.55. The van der Waals surface area contributed by atoms with Gasteiger partial charge in [-0.05, 0) is 24.7 Å². The van der Waals surface area contributed by atoms with E-state index < -0.39 is 0 Å². The minimum atomic E-state index is 0.629. The summed E-state index contributed by atoms with van der Waals surface area (Å²) in [6.45, 7) is 5.41. The van der Waals surface area contributed by atoms with Crippen molar-refractivity contribution < 1.29 is 0 Å². The summed E-state index contributed by atoms with van der Waals surface area (Å²) in [4.78, 5) is 2.09. The second kappa shape index (κ2) is 5.19. The SMILES string of the molecule is CNC/C(=C\N(C)C)C(C)C. The van der Waals surface area contributed by atoms with Crippen molar-refractivity contribution in [3.63, 3.8) is 0 Å². The second-order valence-corrected chi connectivity index (χ2v) is 3.35. The highest BCUT2D eigenvalue weighted by Crippen LogP contribution is 2.07. The van der Waals surface area contributed by atoms with Crippen LogP contribution in [0.3, 0.4) is 0 Å². The molecular formula is C9H20N2. The van der Waals surface area contributed by atoms with Gasteiger partial charge in [-0.15, -0.1) is 0 Å². The van der Waals surface area contributed by atoms with Gasteiger partial charge in [0.1, 0.15) is 0 Å². The third-order valence-corrected chi connectivity index (χ3v) is 1.55. The monoisotopic (exact) mass is 156 g/mol. The molecule has 0 fully saturated rings. The average Bonchev–Trinajstić information content (AvgIpc) is 1.86. The lowest BCUT2D eigenvalue weighted by Crippen LogP contribution is -2.17. The molecule has 0 aromatic rings. The van der Waals surface area contributed by atoms with Crippen LogP contribution in [0.1, 0.15) is 13.8 Å². The van der Waals surface area contributed by atoms with Crippen molar-refractivity contribution in [2.24, 2.45) is 5.92 Å². The van der Waals surface area contributed by atoms with Gasteiger partial charge in [0.15, 0.2) is 0 Å². The molecular weight excluding hydrogens is 136 g/mol. The molecule has 0 saturated heterocycles. The number of nitrogens with zero attached hydrogens (tertiary/aromatic N) is 1. The Kier molecular flexibility index (Phi) is 4.95. The molecule has 11 heavy (non-hydrogen) atoms. The van der Waals surface area contributed by atoms with Crippen molar-refractivity contribution in [1.29, 1.82) is 0 Å². The molecule has 0 spiro atoms. The minimum Gasteiger partial charge on any atom is -0.383 e. The lowest BCUT2D eigenvalue weighted by atomic mass is 10.0. The summed E-state index contributed by atoms with van der Waals surface area (Å²) in [5.74, 6) is 0.629. The van der Waals surface area contributed by atoms with E-state index >= 15 is 0 Å². The van der Waals surface area contributed by atoms with E-state index in [1.54, 1.807) is 0 Å². The zero-order valence-electron chi connectivity index (χ0n) is 8.31. The molecule has 0 unspecified atom stereocenters. The van der Waals surface area contributed by atoms with Crippen molar-refractivity contribution >= 4 is 0 Å². The first kappa shape index (κ1) is 10.5. The molecule has 2 heteroatoms. The zero-order chi connectivity index (χ0) is 8.85. The van der Waals surface area contributed by atoms with Gasteiger partial charge in [0.05, 0.1) is 0 Å². The summed E-state index contributed by atoms with van der Waals surface area (Å²) in [7, 11) is 6.09. The van der Waals surface area contributed by atoms with Crippen LogP contribution in [0.5, 0.6) is 0 Å². The van der Waals surface area contributed by atoms with Crippen LogP contribution in [0.2, 0.25) is 0 Å². The van der Waals surface area contributed by atoms with Crippen LogP contribution in [0.15, 0.2) is 11.8 Å². The van der Waals surface area contributed by atoms with Crippen LogP contribution in [-0.2, 0) is 0 Å². The average molecular weight is 156 g/mol. The highest BCUT2D eigenvalue weighted by atomic mass is 15.0. The first-order valence-corrected chi connectivity index (χ1v) is 4.09. The Bertz CT molecular complexity index is 126. The largest absolute Gasteiger partial charge is 0.383 e. The van der Waals surface area contributed by atoms with Gasteiger partial charge in [-0.1, -0.05) is 13.8 Å². The van der Waals surface area contributed by atoms with Crippen LogP contribution in [0.25, 0.3) is 0 Å². The standard InChI is InChI=1S/C9H20N2/c1-8(2)9(6-10-3)7-11(4)5/h7-8,10H,6H2,1-5H3/b9-7+. The van der Waals surface area contributed by atoms with E-state index in [2.05, 4.69) is 44.4 Å². The summed E-state index contributed by atoms with van der Waals surface area (Å²) in [6, 6.07) is 0. The summed E-state index contributed by atoms with van der Waals surface area (Å²) in [5.41, 5.74) is 1.44. The van der Waals surface area contributed by atoms with Crippen molar-refractivity contribution in [3.05, 3.63) is 11.8 Å². The van der Waals surface area contributed by atoms with E-state index in [0.717, 1.165) is 6.54 Å². The molecule has 66 valence electrons. The molecule has 0 radical (unpaired) electrons. The highest BCUT2D eigenvalue weighted by molar-refractivity contribution is 5.05. The maximum Gasteiger partial charge on any atom is 0.0181 e. The number of likely N-dealkylation sites (N-methyl/N-ethyl adjacent to an activating group) is 1. The normalized spacial score (nSPS) is 12.4. The predicted molar refractivity (Wildman–Crippen MR) is 50.5 cm³/mol. The van der Waals surface area contributed by atoms with Gasteiger partial charge in [0.2, 0.25) is 0 Å². The molecule has 0 heterocycles. The van der Waals surface area contributed by atoms with Gasteiger partial charge in [-0.25, -0.2) is 0 Å². The van der Waals surface area contributed by atoms with Crippen molar-refractivity contribution in [2.75, 3.05) is 27.7 Å². The molecule has 0 bridgehead atoms. The predicted octanol–water partition coefficient (Wildman–Crippen LogP) is 1.31. The Morgan fingerprint density at radius 1 is 1.45 bits per heavy atom. The fraction of sp³-hybridized carbons (Fsp3) is 0.778. The Balaban J connectivity index is 4.08. The first-order chi connectivity index (χ1) is 5.07. The quantitative estimate of drug-likeness (QED) is 0.660. The molecule has 2 nitrogen and oxygen atoms in total. The fourth-order valence-electron chi connectivity index (χ4n) is 0.935. The van der Waals surface area contributed by atoms with Gasteiger partial charge in [-0.2, -0.15) is 0 Å². The van der Waals surface area contributed by atoms with E-state index in [-0.39, 0.29) is 0 Å². The van der Waals surface area contributed by atoms with Gasteiger partial charge in [0.25, 0.3) is 0 Å². The number of hydrogen-bond donors (Lipinski definition) is 1. The molecule has 0 aromatic heterocycles. The Hall–Kier alpha value is -0.500. The molecule has 0 rings (SSSR count). The minimum absolute atomic E-state index is 0.629. The van der Waals surface area contributed by atoms with E-state index in [1.807, 2.05) is 7.05 Å². The second-order valence-electron chi connectivity index (χ2n) is 3.35. The zero-order valence-corrected chi connectivity index (χ0v) is 8.31. The topological polar surface area (TPSA) is 15.3 Å². The Labute approximate surface area is 70.3 Å². The van der Waals surface area contributed by atoms with Crippen LogP contribution in [0.4, 0.5) is 0 Å². The molecule has 0 aliphatic heterocycles. The first-order valence-electron chi connectivity index (χ1n) is 4.09. The number of nitrogens with one attached hydrogen (secondary N) is 1. The summed E-state index contributed by atoms with van der Waals surface area (Å²) in [6.07, 6.45) is 2.18. The molecule has 0 aromatic carbocycles. The molecule has 0 aliphatic carbocycles. The Morgan fingerprint density at radius 3 is 2.27 bits per heavy atom. The molecule has 0 saturated carbocycles. The van der Waals surface area contributed by atoms with Crippen molar-refractivity contribution in [3.8, 4) is 0 Å². The van der Waals surface area contributed by atoms with E-state index in [9.17, 15) is 0 Å². The summed E-state index contributed by atoms with van der Waals surface area (Å²) >= 11 is 0. The van der Waals surface area contributed by atoms with Gasteiger partial charge < -0.3 is 10.2 Å². The number of rotatable bonds is 4. The summed E-state index contributed by atoms with van der Waals surface area (Å²) < 4.78 is 0. The van der Waals surface area contributed by atoms with Crippen molar-refractivity contribution in [1.82, 2.24) is 10.2 Å². The third kappa shape index (κ3) is 4.85. The molecule has 0 amide bonds. The molecule has 0 aliphatic rings. The van der Waals surface area contributed by atoms with Gasteiger partial charge in [-0.3, -0.25) is 0 Å². The van der Waals surface area contributed by atoms with Crippen LogP contribution in [-0.4, -0.2) is 32.6 Å². The molecule has 0 atom stereocenters. The lowest BCUT2D eigenvalue weighted by molar-refractivity contribution is 0.540. The Morgan fingerprint density at radius 2 is 2.00 bits per heavy atom.